The van der Waals surface area contributed by atoms with E-state index in [0.717, 1.165) is 28.0 Å². The molecule has 0 amide bonds. The highest BCUT2D eigenvalue weighted by atomic mass is 79.9. The predicted octanol–water partition coefficient (Wildman–Crippen LogP) is 2.00. The van der Waals surface area contributed by atoms with E-state index >= 15 is 0 Å². The van der Waals surface area contributed by atoms with Gasteiger partial charge in [-0.05, 0) is 12.1 Å². The molecule has 15 heavy (non-hydrogen) atoms. The monoisotopic (exact) mass is 273 g/mol. The number of hydrogen-bond donors (Lipinski definition) is 1. The van der Waals surface area contributed by atoms with Crippen LogP contribution in [-0.2, 0) is 11.4 Å². The first-order valence-electron chi connectivity index (χ1n) is 4.71. The summed E-state index contributed by atoms with van der Waals surface area (Å²) in [6.07, 6.45) is 0.884. The summed E-state index contributed by atoms with van der Waals surface area (Å²) in [7, 11) is 0. The third-order valence-electron chi connectivity index (χ3n) is 2.19. The van der Waals surface area contributed by atoms with E-state index in [1.807, 2.05) is 12.1 Å². The Labute approximate surface area is 96.4 Å². The van der Waals surface area contributed by atoms with Crippen LogP contribution in [0.25, 0.3) is 0 Å². The van der Waals surface area contributed by atoms with Gasteiger partial charge in [-0.1, -0.05) is 15.9 Å². The van der Waals surface area contributed by atoms with E-state index in [9.17, 15) is 0 Å². The fourth-order valence-corrected chi connectivity index (χ4v) is 1.91. The van der Waals surface area contributed by atoms with Crippen molar-refractivity contribution in [2.45, 2.75) is 13.0 Å². The van der Waals surface area contributed by atoms with Gasteiger partial charge in [-0.15, -0.1) is 0 Å². The molecule has 0 aliphatic carbocycles. The predicted molar refractivity (Wildman–Crippen MR) is 58.7 cm³/mol. The second-order valence-corrected chi connectivity index (χ2v) is 4.07. The summed E-state index contributed by atoms with van der Waals surface area (Å²) in [5, 5.41) is 0. The van der Waals surface area contributed by atoms with Crippen LogP contribution in [0.2, 0.25) is 0 Å². The molecule has 1 aromatic rings. The highest BCUT2D eigenvalue weighted by Gasteiger charge is 2.17. The Bertz CT molecular complexity index is 357. The minimum atomic E-state index is 0.299. The molecule has 0 unspecified atom stereocenters. The molecule has 1 aliphatic heterocycles. The fraction of sp³-hybridized carbons (Fsp3) is 0.400. The number of hydrogen-bond acceptors (Lipinski definition) is 4. The molecule has 0 fully saturated rings. The number of halogens is 1. The number of nitrogens with two attached hydrogens (primary N) is 1. The maximum Gasteiger partial charge on any atom is 0.167 e. The van der Waals surface area contributed by atoms with Crippen LogP contribution in [0, 0.1) is 0 Å². The number of benzene rings is 1. The lowest BCUT2D eigenvalue weighted by Gasteiger charge is -2.13. The molecule has 0 bridgehead atoms. The fourth-order valence-electron chi connectivity index (χ4n) is 1.49. The highest BCUT2D eigenvalue weighted by molar-refractivity contribution is 9.10. The maximum atomic E-state index is 5.62. The van der Waals surface area contributed by atoms with Gasteiger partial charge in [0.15, 0.2) is 11.5 Å². The average molecular weight is 274 g/mol. The van der Waals surface area contributed by atoms with Crippen LogP contribution in [0.1, 0.15) is 12.0 Å². The first kappa shape index (κ1) is 10.7. The Hall–Kier alpha value is -0.780. The topological polar surface area (TPSA) is 53.7 Å². The summed E-state index contributed by atoms with van der Waals surface area (Å²) >= 11 is 3.43. The Morgan fingerprint density at radius 2 is 2.13 bits per heavy atom. The van der Waals surface area contributed by atoms with Crippen molar-refractivity contribution >= 4 is 15.9 Å². The van der Waals surface area contributed by atoms with Crippen LogP contribution in [0.15, 0.2) is 16.6 Å². The van der Waals surface area contributed by atoms with Crippen LogP contribution >= 0.6 is 15.9 Å². The molecule has 82 valence electrons. The zero-order chi connectivity index (χ0) is 10.7. The lowest BCUT2D eigenvalue weighted by Crippen LogP contribution is -2.04. The van der Waals surface area contributed by atoms with Gasteiger partial charge >= 0.3 is 0 Å². The second kappa shape index (κ2) is 4.83. The van der Waals surface area contributed by atoms with Gasteiger partial charge in [-0.25, -0.2) is 5.90 Å². The van der Waals surface area contributed by atoms with Crippen molar-refractivity contribution in [3.8, 4) is 11.5 Å². The minimum absolute atomic E-state index is 0.299. The quantitative estimate of drug-likeness (QED) is 0.838. The van der Waals surface area contributed by atoms with Gasteiger partial charge < -0.3 is 9.47 Å². The van der Waals surface area contributed by atoms with Crippen molar-refractivity contribution in [1.82, 2.24) is 0 Å². The summed E-state index contributed by atoms with van der Waals surface area (Å²) in [5.74, 6) is 6.57. The Morgan fingerprint density at radius 1 is 1.33 bits per heavy atom. The molecule has 0 radical (unpaired) electrons. The molecule has 5 heteroatoms. The van der Waals surface area contributed by atoms with Gasteiger partial charge in [-0.3, -0.25) is 4.84 Å². The van der Waals surface area contributed by atoms with Gasteiger partial charge in [0, 0.05) is 16.5 Å². The van der Waals surface area contributed by atoms with Crippen LogP contribution in [0.3, 0.4) is 0 Å². The SMILES string of the molecule is NOCc1c(Br)ccc2c1OCCCO2. The Morgan fingerprint density at radius 3 is 2.93 bits per heavy atom. The normalized spacial score (nSPS) is 14.8. The molecule has 0 saturated heterocycles. The van der Waals surface area contributed by atoms with E-state index < -0.39 is 0 Å². The molecule has 4 nitrogen and oxygen atoms in total. The molecule has 0 spiro atoms. The van der Waals surface area contributed by atoms with Crippen LogP contribution in [0.4, 0.5) is 0 Å². The standard InChI is InChI=1S/C10H12BrNO3/c11-8-2-3-9-10(7(8)6-15-12)14-5-1-4-13-9/h2-3H,1,4-6,12H2. The number of fused-ring (bicyclic) bond motifs is 1. The zero-order valence-electron chi connectivity index (χ0n) is 8.16. The smallest absolute Gasteiger partial charge is 0.167 e. The molecule has 2 rings (SSSR count). The third kappa shape index (κ3) is 2.25. The van der Waals surface area contributed by atoms with Crippen molar-refractivity contribution in [3.63, 3.8) is 0 Å². The van der Waals surface area contributed by atoms with Crippen molar-refractivity contribution in [1.29, 1.82) is 0 Å². The van der Waals surface area contributed by atoms with Gasteiger partial charge in [0.1, 0.15) is 0 Å². The molecule has 0 saturated carbocycles. The molecule has 0 atom stereocenters. The first-order chi connectivity index (χ1) is 7.33. The van der Waals surface area contributed by atoms with Crippen molar-refractivity contribution in [2.75, 3.05) is 13.2 Å². The van der Waals surface area contributed by atoms with Gasteiger partial charge in [0.25, 0.3) is 0 Å². The molecule has 1 aromatic carbocycles. The lowest BCUT2D eigenvalue weighted by atomic mass is 10.2. The number of ether oxygens (including phenoxy) is 2. The largest absolute Gasteiger partial charge is 0.490 e. The zero-order valence-corrected chi connectivity index (χ0v) is 9.75. The second-order valence-electron chi connectivity index (χ2n) is 3.21. The highest BCUT2D eigenvalue weighted by Crippen LogP contribution is 2.37. The lowest BCUT2D eigenvalue weighted by molar-refractivity contribution is 0.121. The van der Waals surface area contributed by atoms with Gasteiger partial charge in [0.2, 0.25) is 0 Å². The molecular weight excluding hydrogens is 262 g/mol. The maximum absolute atomic E-state index is 5.62. The summed E-state index contributed by atoms with van der Waals surface area (Å²) in [4.78, 5) is 4.65. The third-order valence-corrected chi connectivity index (χ3v) is 2.93. The minimum Gasteiger partial charge on any atom is -0.490 e. The van der Waals surface area contributed by atoms with Gasteiger partial charge in [-0.2, -0.15) is 0 Å². The van der Waals surface area contributed by atoms with Crippen LogP contribution in [0.5, 0.6) is 11.5 Å². The molecular formula is C10H12BrNO3. The molecule has 2 N–H and O–H groups in total. The average Bonchev–Trinajstić information content (AvgIpc) is 2.47. The van der Waals surface area contributed by atoms with E-state index in [0.29, 0.717) is 19.8 Å². The van der Waals surface area contributed by atoms with Crippen LogP contribution < -0.4 is 15.4 Å². The molecule has 1 aliphatic rings. The van der Waals surface area contributed by atoms with Crippen molar-refractivity contribution < 1.29 is 14.3 Å². The summed E-state index contributed by atoms with van der Waals surface area (Å²) in [6.45, 7) is 1.63. The first-order valence-corrected chi connectivity index (χ1v) is 5.51. The molecule has 1 heterocycles. The Balaban J connectivity index is 2.42. The summed E-state index contributed by atoms with van der Waals surface area (Å²) < 4.78 is 12.1. The van der Waals surface area contributed by atoms with Crippen molar-refractivity contribution in [3.05, 3.63) is 22.2 Å². The summed E-state index contributed by atoms with van der Waals surface area (Å²) in [6, 6.07) is 3.78. The van der Waals surface area contributed by atoms with Gasteiger partial charge in [0.05, 0.1) is 19.8 Å². The Kier molecular flexibility index (Phi) is 3.45. The van der Waals surface area contributed by atoms with E-state index in [4.69, 9.17) is 15.4 Å². The molecule has 0 aromatic heterocycles. The van der Waals surface area contributed by atoms with E-state index in [2.05, 4.69) is 20.8 Å². The number of rotatable bonds is 2. The van der Waals surface area contributed by atoms with Crippen LogP contribution in [-0.4, -0.2) is 13.2 Å². The van der Waals surface area contributed by atoms with Crippen molar-refractivity contribution in [2.24, 2.45) is 5.90 Å². The van der Waals surface area contributed by atoms with E-state index in [1.165, 1.54) is 0 Å². The van der Waals surface area contributed by atoms with E-state index in [-0.39, 0.29) is 0 Å². The van der Waals surface area contributed by atoms with E-state index in [1.54, 1.807) is 0 Å². The summed E-state index contributed by atoms with van der Waals surface area (Å²) in [5.41, 5.74) is 0.886.